The smallest absolute Gasteiger partial charge is 0.254 e. The minimum atomic E-state index is -0.260. The highest BCUT2D eigenvalue weighted by Crippen LogP contribution is 2.10. The fraction of sp³-hybridized carbons (Fsp3) is 0.318. The Morgan fingerprint density at radius 1 is 1.23 bits per heavy atom. The van der Waals surface area contributed by atoms with Crippen molar-refractivity contribution in [1.29, 1.82) is 0 Å². The third-order valence-corrected chi connectivity index (χ3v) is 4.86. The molecule has 1 saturated heterocycles. The van der Waals surface area contributed by atoms with Gasteiger partial charge in [-0.05, 0) is 35.4 Å². The van der Waals surface area contributed by atoms with E-state index in [-0.39, 0.29) is 48.2 Å². The molecule has 2 aromatic carbocycles. The molecule has 1 aliphatic rings. The maximum atomic E-state index is 13.4. The quantitative estimate of drug-likeness (QED) is 0.347. The number of carbonyl (C=O) groups is 2. The van der Waals surface area contributed by atoms with Crippen LogP contribution in [0, 0.1) is 5.82 Å². The first-order chi connectivity index (χ1) is 14.5. The predicted molar refractivity (Wildman–Crippen MR) is 129 cm³/mol. The average molecular weight is 539 g/mol. The van der Waals surface area contributed by atoms with Crippen LogP contribution < -0.4 is 10.6 Å². The lowest BCUT2D eigenvalue weighted by atomic mass is 10.1. The van der Waals surface area contributed by atoms with Crippen LogP contribution in [-0.4, -0.2) is 61.3 Å². The van der Waals surface area contributed by atoms with Crippen LogP contribution in [0.1, 0.15) is 21.5 Å². The van der Waals surface area contributed by atoms with Gasteiger partial charge in [0.15, 0.2) is 5.96 Å². The number of hydrogen-bond donors (Lipinski definition) is 2. The van der Waals surface area contributed by atoms with Gasteiger partial charge in [-0.25, -0.2) is 4.39 Å². The minimum Gasteiger partial charge on any atom is -0.353 e. The Balaban J connectivity index is 0.00000341. The van der Waals surface area contributed by atoms with Crippen molar-refractivity contribution < 1.29 is 14.0 Å². The molecule has 2 aromatic rings. The van der Waals surface area contributed by atoms with Gasteiger partial charge in [0.1, 0.15) is 5.82 Å². The van der Waals surface area contributed by atoms with E-state index in [0.717, 1.165) is 11.1 Å². The van der Waals surface area contributed by atoms with Crippen molar-refractivity contribution >= 4 is 41.8 Å². The molecule has 0 bridgehead atoms. The second kappa shape index (κ2) is 11.6. The van der Waals surface area contributed by atoms with E-state index in [1.165, 1.54) is 12.1 Å². The molecule has 1 fully saturated rings. The molecular formula is C22H27FIN5O2. The summed E-state index contributed by atoms with van der Waals surface area (Å²) in [7, 11) is 3.58. The third-order valence-electron chi connectivity index (χ3n) is 4.86. The summed E-state index contributed by atoms with van der Waals surface area (Å²) in [4.78, 5) is 31.8. The number of guanidine groups is 1. The van der Waals surface area contributed by atoms with E-state index in [1.54, 1.807) is 30.1 Å². The predicted octanol–water partition coefficient (Wildman–Crippen LogP) is 2.22. The molecule has 31 heavy (non-hydrogen) atoms. The zero-order valence-corrected chi connectivity index (χ0v) is 19.9. The molecule has 0 radical (unpaired) electrons. The van der Waals surface area contributed by atoms with Gasteiger partial charge >= 0.3 is 0 Å². The Labute approximate surface area is 198 Å². The van der Waals surface area contributed by atoms with Crippen LogP contribution >= 0.6 is 24.0 Å². The first kappa shape index (κ1) is 24.6. The topological polar surface area (TPSA) is 77.0 Å². The van der Waals surface area contributed by atoms with E-state index >= 15 is 0 Å². The molecule has 0 saturated carbocycles. The number of aliphatic imine (C=N–C) groups is 1. The number of nitrogens with zero attached hydrogens (tertiary/aromatic N) is 3. The highest BCUT2D eigenvalue weighted by molar-refractivity contribution is 14.0. The van der Waals surface area contributed by atoms with Gasteiger partial charge in [0.25, 0.3) is 5.91 Å². The number of halogens is 2. The molecule has 9 heteroatoms. The minimum absolute atomic E-state index is 0. The summed E-state index contributed by atoms with van der Waals surface area (Å²) in [6, 6.07) is 13.8. The van der Waals surface area contributed by atoms with Gasteiger partial charge in [-0.3, -0.25) is 14.6 Å². The summed E-state index contributed by atoms with van der Waals surface area (Å²) in [6.45, 7) is 2.14. The monoisotopic (exact) mass is 539 g/mol. The molecule has 2 amide bonds. The lowest BCUT2D eigenvalue weighted by Gasteiger charge is -2.26. The van der Waals surface area contributed by atoms with Crippen LogP contribution in [-0.2, 0) is 17.9 Å². The zero-order valence-electron chi connectivity index (χ0n) is 17.6. The summed E-state index contributed by atoms with van der Waals surface area (Å²) in [6.07, 6.45) is 0. The Bertz CT molecular complexity index is 936. The summed E-state index contributed by atoms with van der Waals surface area (Å²) in [5.41, 5.74) is 2.40. The van der Waals surface area contributed by atoms with E-state index < -0.39 is 0 Å². The molecular weight excluding hydrogens is 512 g/mol. The van der Waals surface area contributed by atoms with Crippen LogP contribution in [0.5, 0.6) is 0 Å². The van der Waals surface area contributed by atoms with E-state index in [4.69, 9.17) is 0 Å². The Kier molecular flexibility index (Phi) is 9.22. The molecule has 1 heterocycles. The highest BCUT2D eigenvalue weighted by Gasteiger charge is 2.22. The van der Waals surface area contributed by atoms with E-state index in [9.17, 15) is 14.0 Å². The van der Waals surface area contributed by atoms with Gasteiger partial charge < -0.3 is 20.4 Å². The number of rotatable bonds is 5. The Hall–Kier alpha value is -2.69. The fourth-order valence-corrected chi connectivity index (χ4v) is 3.31. The molecule has 0 atom stereocenters. The van der Waals surface area contributed by atoms with Gasteiger partial charge in [0.2, 0.25) is 5.91 Å². The first-order valence-corrected chi connectivity index (χ1v) is 9.77. The average Bonchev–Trinajstić information content (AvgIpc) is 2.74. The fourth-order valence-electron chi connectivity index (χ4n) is 3.31. The van der Waals surface area contributed by atoms with Crippen LogP contribution in [0.4, 0.5) is 4.39 Å². The molecule has 0 unspecified atom stereocenters. The maximum absolute atomic E-state index is 13.4. The Morgan fingerprint density at radius 3 is 2.61 bits per heavy atom. The number of amides is 2. The number of carbonyl (C=O) groups excluding carboxylic acids is 2. The molecule has 7 nitrogen and oxygen atoms in total. The lowest BCUT2D eigenvalue weighted by molar-refractivity contribution is -0.123. The molecule has 2 N–H and O–H groups in total. The SMILES string of the molecule is CN=C(NCc1ccc(C(=O)N2CCNC(=O)C2)cc1)N(C)Cc1cccc(F)c1.I. The second-order valence-electron chi connectivity index (χ2n) is 7.16. The standard InChI is InChI=1S/C22H26FN5O2.HI/c1-24-22(27(2)14-17-4-3-5-19(23)12-17)26-13-16-6-8-18(9-7-16)21(30)28-11-10-25-20(29)15-28;/h3-9,12H,10-11,13-15H2,1-2H3,(H,24,26)(H,25,29);1H. The molecule has 166 valence electrons. The first-order valence-electron chi connectivity index (χ1n) is 9.77. The van der Waals surface area contributed by atoms with E-state index in [2.05, 4.69) is 15.6 Å². The van der Waals surface area contributed by atoms with Crippen molar-refractivity contribution in [3.05, 3.63) is 71.0 Å². The van der Waals surface area contributed by atoms with Gasteiger partial charge in [-0.15, -0.1) is 24.0 Å². The summed E-state index contributed by atoms with van der Waals surface area (Å²) < 4.78 is 13.4. The van der Waals surface area contributed by atoms with Crippen LogP contribution in [0.2, 0.25) is 0 Å². The van der Waals surface area contributed by atoms with Crippen molar-refractivity contribution in [3.8, 4) is 0 Å². The Morgan fingerprint density at radius 2 is 1.97 bits per heavy atom. The van der Waals surface area contributed by atoms with Gasteiger partial charge in [-0.1, -0.05) is 24.3 Å². The number of benzene rings is 2. The van der Waals surface area contributed by atoms with Gasteiger partial charge in [0.05, 0.1) is 6.54 Å². The zero-order chi connectivity index (χ0) is 21.5. The molecule has 1 aliphatic heterocycles. The normalized spacial score (nSPS) is 13.8. The van der Waals surface area contributed by atoms with Crippen LogP contribution in [0.3, 0.4) is 0 Å². The second-order valence-corrected chi connectivity index (χ2v) is 7.16. The van der Waals surface area contributed by atoms with Crippen molar-refractivity contribution in [2.24, 2.45) is 4.99 Å². The van der Waals surface area contributed by atoms with Crippen LogP contribution in [0.25, 0.3) is 0 Å². The lowest BCUT2D eigenvalue weighted by Crippen LogP contribution is -2.49. The van der Waals surface area contributed by atoms with E-state index in [0.29, 0.717) is 37.7 Å². The van der Waals surface area contributed by atoms with Gasteiger partial charge in [-0.2, -0.15) is 0 Å². The summed E-state index contributed by atoms with van der Waals surface area (Å²) in [5.74, 6) is 0.140. The van der Waals surface area contributed by atoms with Crippen molar-refractivity contribution in [3.63, 3.8) is 0 Å². The molecule has 0 aromatic heterocycles. The van der Waals surface area contributed by atoms with E-state index in [1.807, 2.05) is 30.1 Å². The van der Waals surface area contributed by atoms with Crippen LogP contribution in [0.15, 0.2) is 53.5 Å². The molecule has 3 rings (SSSR count). The highest BCUT2D eigenvalue weighted by atomic mass is 127. The molecule has 0 aliphatic carbocycles. The number of nitrogens with one attached hydrogen (secondary N) is 2. The molecule has 0 spiro atoms. The van der Waals surface area contributed by atoms with Crippen molar-refractivity contribution in [1.82, 2.24) is 20.4 Å². The largest absolute Gasteiger partial charge is 0.353 e. The summed E-state index contributed by atoms with van der Waals surface area (Å²) >= 11 is 0. The van der Waals surface area contributed by atoms with Crippen molar-refractivity contribution in [2.45, 2.75) is 13.1 Å². The van der Waals surface area contributed by atoms with Crippen molar-refractivity contribution in [2.75, 3.05) is 33.7 Å². The van der Waals surface area contributed by atoms with Gasteiger partial charge in [0, 0.05) is 45.8 Å². The number of hydrogen-bond acceptors (Lipinski definition) is 3. The third kappa shape index (κ3) is 6.91. The number of piperazine rings is 1. The maximum Gasteiger partial charge on any atom is 0.254 e. The summed E-state index contributed by atoms with van der Waals surface area (Å²) in [5, 5.41) is 5.98.